The second-order valence-corrected chi connectivity index (χ2v) is 12.3. The van der Waals surface area contributed by atoms with Crippen molar-refractivity contribution >= 4 is 21.4 Å². The maximum atomic E-state index is 12.0. The number of halogens is 1. The molecule has 5 nitrogen and oxygen atoms in total. The second-order valence-electron chi connectivity index (χ2n) is 9.51. The van der Waals surface area contributed by atoms with Crippen molar-refractivity contribution in [1.82, 2.24) is 4.90 Å². The van der Waals surface area contributed by atoms with Gasteiger partial charge in [-0.3, -0.25) is 4.90 Å². The summed E-state index contributed by atoms with van der Waals surface area (Å²) in [6.45, 7) is 3.50. The zero-order valence-electron chi connectivity index (χ0n) is 19.8. The van der Waals surface area contributed by atoms with Crippen LogP contribution in [0.25, 0.3) is 0 Å². The Morgan fingerprint density at radius 1 is 1.18 bits per heavy atom. The lowest BCUT2D eigenvalue weighted by atomic mass is 9.57. The highest BCUT2D eigenvalue weighted by Crippen LogP contribution is 2.56. The zero-order valence-corrected chi connectivity index (χ0v) is 21.4. The molecule has 4 rings (SSSR count). The first kappa shape index (κ1) is 25.0. The lowest BCUT2D eigenvalue weighted by Gasteiger charge is -2.54. The van der Waals surface area contributed by atoms with Gasteiger partial charge in [-0.1, -0.05) is 43.1 Å². The Morgan fingerprint density at radius 3 is 2.59 bits per heavy atom. The first-order valence-corrected chi connectivity index (χ1v) is 14.4. The van der Waals surface area contributed by atoms with E-state index >= 15 is 0 Å². The van der Waals surface area contributed by atoms with Gasteiger partial charge in [0.15, 0.2) is 0 Å². The lowest BCUT2D eigenvalue weighted by molar-refractivity contribution is 0.0619. The Hall–Kier alpha value is -2.07. The van der Waals surface area contributed by atoms with Crippen LogP contribution in [-0.4, -0.2) is 44.5 Å². The molecule has 1 aliphatic carbocycles. The largest absolute Gasteiger partial charge is 0.494 e. The molecule has 7 heteroatoms. The zero-order chi connectivity index (χ0) is 24.2. The van der Waals surface area contributed by atoms with Crippen molar-refractivity contribution < 1.29 is 13.2 Å². The summed E-state index contributed by atoms with van der Waals surface area (Å²) >= 11 is 6.19. The van der Waals surface area contributed by atoms with E-state index in [4.69, 9.17) is 16.3 Å². The number of hydrogen-bond acceptors (Lipinski definition) is 5. The highest BCUT2D eigenvalue weighted by Gasteiger charge is 2.50. The van der Waals surface area contributed by atoms with Gasteiger partial charge in [-0.2, -0.15) is 5.26 Å². The molecule has 1 heterocycles. The van der Waals surface area contributed by atoms with E-state index in [0.29, 0.717) is 26.0 Å². The van der Waals surface area contributed by atoms with Crippen molar-refractivity contribution in [3.8, 4) is 11.8 Å². The minimum atomic E-state index is -3.00. The lowest BCUT2D eigenvalue weighted by Crippen LogP contribution is -2.51. The van der Waals surface area contributed by atoms with Gasteiger partial charge in [0.1, 0.15) is 15.6 Å². The number of hydrogen-bond donors (Lipinski definition) is 0. The van der Waals surface area contributed by atoms with Gasteiger partial charge >= 0.3 is 0 Å². The van der Waals surface area contributed by atoms with Crippen LogP contribution in [-0.2, 0) is 21.7 Å². The van der Waals surface area contributed by atoms with E-state index in [1.807, 2.05) is 25.1 Å². The van der Waals surface area contributed by atoms with E-state index in [1.54, 1.807) is 0 Å². The van der Waals surface area contributed by atoms with Crippen LogP contribution in [0.1, 0.15) is 61.8 Å². The van der Waals surface area contributed by atoms with Gasteiger partial charge in [-0.25, -0.2) is 8.42 Å². The molecule has 2 aromatic rings. The normalized spacial score (nSPS) is 19.6. The smallest absolute Gasteiger partial charge is 0.150 e. The van der Waals surface area contributed by atoms with Crippen LogP contribution in [0.2, 0.25) is 5.02 Å². The van der Waals surface area contributed by atoms with Crippen LogP contribution < -0.4 is 4.74 Å². The van der Waals surface area contributed by atoms with E-state index in [0.717, 1.165) is 43.0 Å². The van der Waals surface area contributed by atoms with Crippen LogP contribution in [0.15, 0.2) is 42.5 Å². The maximum absolute atomic E-state index is 12.0. The molecule has 0 N–H and O–H groups in total. The molecule has 1 unspecified atom stereocenters. The standard InChI is InChI=1S/C27H33ClN2O3S/c1-2-18-34(31,32)19-4-17-33-24-10-5-21-11-15-30(16-14-29)26(25(21)20-24)27(12-3-13-27)22-6-8-23(28)9-7-22/h5-10,20,26H,2-4,11-13,15-19H2,1H3. The van der Waals surface area contributed by atoms with Crippen molar-refractivity contribution in [2.24, 2.45) is 0 Å². The molecule has 1 saturated carbocycles. The number of ether oxygens (including phenoxy) is 1. The van der Waals surface area contributed by atoms with Gasteiger partial charge in [0.25, 0.3) is 0 Å². The molecule has 34 heavy (non-hydrogen) atoms. The topological polar surface area (TPSA) is 70.4 Å². The van der Waals surface area contributed by atoms with Gasteiger partial charge in [0, 0.05) is 28.8 Å². The van der Waals surface area contributed by atoms with Crippen LogP contribution >= 0.6 is 11.6 Å². The van der Waals surface area contributed by atoms with E-state index < -0.39 is 9.84 Å². The summed E-state index contributed by atoms with van der Waals surface area (Å²) in [4.78, 5) is 2.32. The Morgan fingerprint density at radius 2 is 1.94 bits per heavy atom. The minimum Gasteiger partial charge on any atom is -0.494 e. The van der Waals surface area contributed by atoms with Gasteiger partial charge in [0.05, 0.1) is 25.0 Å². The molecule has 0 aromatic heterocycles. The van der Waals surface area contributed by atoms with Crippen molar-refractivity contribution in [3.63, 3.8) is 0 Å². The molecular formula is C27H33ClN2O3S. The Kier molecular flexibility index (Phi) is 7.87. The summed E-state index contributed by atoms with van der Waals surface area (Å²) in [6, 6.07) is 16.9. The van der Waals surface area contributed by atoms with Crippen LogP contribution in [0, 0.1) is 11.3 Å². The van der Waals surface area contributed by atoms with E-state index in [1.165, 1.54) is 16.7 Å². The monoisotopic (exact) mass is 500 g/mol. The Bertz CT molecular complexity index is 1140. The van der Waals surface area contributed by atoms with Crippen LogP contribution in [0.5, 0.6) is 5.75 Å². The van der Waals surface area contributed by atoms with Crippen molar-refractivity contribution in [2.45, 2.75) is 56.9 Å². The number of fused-ring (bicyclic) bond motifs is 1. The fraction of sp³-hybridized carbons (Fsp3) is 0.519. The third-order valence-corrected chi connectivity index (χ3v) is 9.48. The fourth-order valence-corrected chi connectivity index (χ4v) is 7.09. The number of nitriles is 1. The molecule has 1 fully saturated rings. The predicted molar refractivity (Wildman–Crippen MR) is 136 cm³/mol. The molecule has 0 saturated heterocycles. The summed E-state index contributed by atoms with van der Waals surface area (Å²) in [5.74, 6) is 1.15. The molecule has 182 valence electrons. The molecular weight excluding hydrogens is 468 g/mol. The summed E-state index contributed by atoms with van der Waals surface area (Å²) in [7, 11) is -3.00. The Balaban J connectivity index is 1.60. The Labute approximate surface area is 208 Å². The third kappa shape index (κ3) is 5.27. The molecule has 0 bridgehead atoms. The first-order chi connectivity index (χ1) is 16.4. The van der Waals surface area contributed by atoms with Crippen LogP contribution in [0.3, 0.4) is 0 Å². The highest BCUT2D eigenvalue weighted by molar-refractivity contribution is 7.91. The summed E-state index contributed by atoms with van der Waals surface area (Å²) in [6.07, 6.45) is 5.33. The van der Waals surface area contributed by atoms with E-state index in [9.17, 15) is 13.7 Å². The number of nitrogens with zero attached hydrogens (tertiary/aromatic N) is 2. The average Bonchev–Trinajstić information content (AvgIpc) is 2.78. The van der Waals surface area contributed by atoms with Gasteiger partial charge < -0.3 is 4.74 Å². The number of rotatable bonds is 10. The molecule has 0 radical (unpaired) electrons. The van der Waals surface area contributed by atoms with Gasteiger partial charge in [-0.15, -0.1) is 0 Å². The SMILES string of the molecule is CCCS(=O)(=O)CCCOc1ccc2c(c1)C(C1(c3ccc(Cl)cc3)CCC1)N(CC#N)CC2. The predicted octanol–water partition coefficient (Wildman–Crippen LogP) is 5.48. The average molecular weight is 501 g/mol. The minimum absolute atomic E-state index is 0.0521. The van der Waals surface area contributed by atoms with Crippen molar-refractivity contribution in [3.05, 3.63) is 64.2 Å². The molecule has 0 amide bonds. The van der Waals surface area contributed by atoms with Crippen molar-refractivity contribution in [1.29, 1.82) is 5.26 Å². The highest BCUT2D eigenvalue weighted by atomic mass is 35.5. The maximum Gasteiger partial charge on any atom is 0.150 e. The third-order valence-electron chi connectivity index (χ3n) is 7.29. The first-order valence-electron chi connectivity index (χ1n) is 12.2. The quantitative estimate of drug-likeness (QED) is 0.319. The summed E-state index contributed by atoms with van der Waals surface area (Å²) in [5, 5.41) is 10.3. The molecule has 2 aliphatic rings. The van der Waals surface area contributed by atoms with Gasteiger partial charge in [0.2, 0.25) is 0 Å². The summed E-state index contributed by atoms with van der Waals surface area (Å²) < 4.78 is 30.0. The van der Waals surface area contributed by atoms with Crippen LogP contribution in [0.4, 0.5) is 0 Å². The van der Waals surface area contributed by atoms with E-state index in [-0.39, 0.29) is 23.0 Å². The summed E-state index contributed by atoms with van der Waals surface area (Å²) in [5.41, 5.74) is 3.75. The number of benzene rings is 2. The number of sulfone groups is 1. The molecule has 1 atom stereocenters. The molecule has 1 aliphatic heterocycles. The van der Waals surface area contributed by atoms with Gasteiger partial charge in [-0.05, 0) is 73.1 Å². The molecule has 0 spiro atoms. The second kappa shape index (κ2) is 10.7. The van der Waals surface area contributed by atoms with Crippen molar-refractivity contribution in [2.75, 3.05) is 31.2 Å². The fourth-order valence-electron chi connectivity index (χ4n) is 5.58. The van der Waals surface area contributed by atoms with E-state index in [2.05, 4.69) is 35.2 Å². The molecule has 2 aromatic carbocycles.